The lowest BCUT2D eigenvalue weighted by atomic mass is 9.60. The second kappa shape index (κ2) is 8.49. The maximum absolute atomic E-state index is 12.1. The topological polar surface area (TPSA) is 44.8 Å². The van der Waals surface area contributed by atoms with Crippen molar-refractivity contribution in [2.24, 2.45) is 17.3 Å². The van der Waals surface area contributed by atoms with Gasteiger partial charge in [0.05, 0.1) is 19.3 Å². The molecular weight excluding hydrogens is 448 g/mol. The summed E-state index contributed by atoms with van der Waals surface area (Å²) in [6.07, 6.45) is 7.14. The predicted molar refractivity (Wildman–Crippen MR) is 123 cm³/mol. The molecule has 3 fully saturated rings. The Balaban J connectivity index is 1.92. The minimum Gasteiger partial charge on any atom is -0.410 e. The number of ether oxygens (including phenoxy) is 2. The highest BCUT2D eigenvalue weighted by Gasteiger charge is 2.64. The van der Waals surface area contributed by atoms with Crippen LogP contribution in [0.3, 0.4) is 0 Å². The lowest BCUT2D eigenvalue weighted by Gasteiger charge is -2.49. The van der Waals surface area contributed by atoms with E-state index >= 15 is 0 Å². The fourth-order valence-corrected chi connectivity index (χ4v) is 7.32. The van der Waals surface area contributed by atoms with E-state index in [1.165, 1.54) is 6.29 Å². The number of alkyl halides is 1. The highest BCUT2D eigenvalue weighted by Crippen LogP contribution is 2.63. The Bertz CT molecular complexity index is 623. The molecule has 1 heterocycles. The van der Waals surface area contributed by atoms with Crippen LogP contribution in [-0.4, -0.2) is 45.0 Å². The molecule has 2 saturated carbocycles. The number of hydrogen-bond acceptors (Lipinski definition) is 4. The first-order valence-corrected chi connectivity index (χ1v) is 15.2. The van der Waals surface area contributed by atoms with E-state index < -0.39 is 14.1 Å². The van der Waals surface area contributed by atoms with Gasteiger partial charge in [-0.1, -0.05) is 49.7 Å². The summed E-state index contributed by atoms with van der Waals surface area (Å²) in [7, 11) is -1.96. The van der Waals surface area contributed by atoms with E-state index in [2.05, 4.69) is 56.4 Å². The van der Waals surface area contributed by atoms with Crippen LogP contribution in [0.15, 0.2) is 12.2 Å². The van der Waals surface area contributed by atoms with Gasteiger partial charge < -0.3 is 18.7 Å². The van der Waals surface area contributed by atoms with Gasteiger partial charge in [0.15, 0.2) is 14.1 Å². The SMILES string of the molecule is C=C(CBr)[C@@H](CC12CCCC(C=O)C1C1(CC2)OCCO1)O[Si](C)(C)C(C)(C)C. The smallest absolute Gasteiger partial charge is 0.192 e. The van der Waals surface area contributed by atoms with Crippen molar-refractivity contribution in [1.82, 2.24) is 0 Å². The van der Waals surface area contributed by atoms with Crippen LogP contribution in [0.5, 0.6) is 0 Å². The van der Waals surface area contributed by atoms with Gasteiger partial charge in [-0.25, -0.2) is 0 Å². The van der Waals surface area contributed by atoms with Crippen LogP contribution < -0.4 is 0 Å². The zero-order valence-electron chi connectivity index (χ0n) is 18.9. The Kier molecular flexibility index (Phi) is 6.93. The fourth-order valence-electron chi connectivity index (χ4n) is 5.65. The molecule has 1 aliphatic heterocycles. The third-order valence-electron chi connectivity index (χ3n) is 8.16. The number of halogens is 1. The first-order valence-electron chi connectivity index (χ1n) is 11.1. The second-order valence-electron chi connectivity index (χ2n) is 10.9. The van der Waals surface area contributed by atoms with E-state index in [1.54, 1.807) is 0 Å². The van der Waals surface area contributed by atoms with Gasteiger partial charge in [-0.3, -0.25) is 0 Å². The summed E-state index contributed by atoms with van der Waals surface area (Å²) in [6.45, 7) is 17.1. The van der Waals surface area contributed by atoms with Crippen LogP contribution in [0.1, 0.15) is 59.3 Å². The summed E-state index contributed by atoms with van der Waals surface area (Å²) in [5.41, 5.74) is 1.12. The van der Waals surface area contributed by atoms with Crippen molar-refractivity contribution in [2.75, 3.05) is 18.5 Å². The van der Waals surface area contributed by atoms with E-state index in [-0.39, 0.29) is 28.4 Å². The lowest BCUT2D eigenvalue weighted by molar-refractivity contribution is -0.214. The molecule has 6 heteroatoms. The Morgan fingerprint density at radius 2 is 1.93 bits per heavy atom. The normalized spacial score (nSPS) is 32.9. The highest BCUT2D eigenvalue weighted by molar-refractivity contribution is 9.09. The van der Waals surface area contributed by atoms with Gasteiger partial charge in [-0.05, 0) is 54.8 Å². The molecule has 1 spiro atoms. The Hall–Kier alpha value is -0.0131. The van der Waals surface area contributed by atoms with Gasteiger partial charge in [-0.15, -0.1) is 0 Å². The molecule has 0 bridgehead atoms. The van der Waals surface area contributed by atoms with Gasteiger partial charge in [-0.2, -0.15) is 0 Å². The monoisotopic (exact) mass is 486 g/mol. The van der Waals surface area contributed by atoms with Crippen molar-refractivity contribution in [2.45, 2.75) is 89.3 Å². The summed E-state index contributed by atoms with van der Waals surface area (Å²) in [5.74, 6) is -0.434. The quantitative estimate of drug-likeness (QED) is 0.195. The number of hydrogen-bond donors (Lipinski definition) is 0. The molecule has 29 heavy (non-hydrogen) atoms. The van der Waals surface area contributed by atoms with Crippen LogP contribution in [0, 0.1) is 17.3 Å². The van der Waals surface area contributed by atoms with Crippen molar-refractivity contribution < 1.29 is 18.7 Å². The minimum atomic E-state index is -1.96. The minimum absolute atomic E-state index is 0.000258. The number of aldehydes is 1. The van der Waals surface area contributed by atoms with Crippen molar-refractivity contribution in [3.05, 3.63) is 12.2 Å². The van der Waals surface area contributed by atoms with Crippen LogP contribution in [-0.2, 0) is 18.7 Å². The summed E-state index contributed by atoms with van der Waals surface area (Å²) in [6, 6.07) is 0. The molecule has 0 N–H and O–H groups in total. The summed E-state index contributed by atoms with van der Waals surface area (Å²) >= 11 is 3.62. The highest BCUT2D eigenvalue weighted by atomic mass is 79.9. The van der Waals surface area contributed by atoms with Crippen molar-refractivity contribution in [1.29, 1.82) is 0 Å². The van der Waals surface area contributed by atoms with E-state index in [9.17, 15) is 4.79 Å². The molecule has 3 unspecified atom stereocenters. The standard InChI is InChI=1S/C23H39BrO4Si/c1-17(15-24)19(28-29(5,6)21(2,3)4)14-22-9-7-8-18(16-25)20(22)23(11-10-22)26-12-13-27-23/h16,18-20H,1,7-15H2,2-6H3/t18?,19-,20?,22?/m1/s1. The van der Waals surface area contributed by atoms with Gasteiger partial charge in [0.1, 0.15) is 6.29 Å². The molecule has 0 aromatic rings. The van der Waals surface area contributed by atoms with Crippen molar-refractivity contribution in [3.63, 3.8) is 0 Å². The van der Waals surface area contributed by atoms with Crippen LogP contribution in [0.4, 0.5) is 0 Å². The molecule has 166 valence electrons. The molecule has 3 aliphatic rings. The third-order valence-corrected chi connectivity index (χ3v) is 13.4. The molecule has 0 aromatic carbocycles. The Labute approximate surface area is 186 Å². The molecule has 4 atom stereocenters. The molecule has 4 nitrogen and oxygen atoms in total. The summed E-state index contributed by atoms with van der Waals surface area (Å²) < 4.78 is 19.3. The second-order valence-corrected chi connectivity index (χ2v) is 16.2. The van der Waals surface area contributed by atoms with Crippen LogP contribution in [0.25, 0.3) is 0 Å². The Morgan fingerprint density at radius 3 is 2.48 bits per heavy atom. The molecule has 2 aliphatic carbocycles. The van der Waals surface area contributed by atoms with Crippen molar-refractivity contribution >= 4 is 30.5 Å². The predicted octanol–water partition coefficient (Wildman–Crippen LogP) is 5.86. The molecule has 3 rings (SSSR count). The molecule has 0 radical (unpaired) electrons. The van der Waals surface area contributed by atoms with Gasteiger partial charge in [0.25, 0.3) is 0 Å². The number of carbonyl (C=O) groups is 1. The Morgan fingerprint density at radius 1 is 1.28 bits per heavy atom. The molecule has 0 aromatic heterocycles. The zero-order valence-corrected chi connectivity index (χ0v) is 21.5. The summed E-state index contributed by atoms with van der Waals surface area (Å²) in [4.78, 5) is 12.1. The van der Waals surface area contributed by atoms with Crippen LogP contribution in [0.2, 0.25) is 18.1 Å². The number of fused-ring (bicyclic) bond motifs is 2. The first-order chi connectivity index (χ1) is 13.5. The molecule has 1 saturated heterocycles. The van der Waals surface area contributed by atoms with Gasteiger partial charge in [0, 0.05) is 23.6 Å². The van der Waals surface area contributed by atoms with E-state index in [0.29, 0.717) is 13.2 Å². The molecule has 0 amide bonds. The van der Waals surface area contributed by atoms with E-state index in [4.69, 9.17) is 13.9 Å². The average Bonchev–Trinajstić information content (AvgIpc) is 3.25. The van der Waals surface area contributed by atoms with Gasteiger partial charge >= 0.3 is 0 Å². The number of rotatable bonds is 7. The summed E-state index contributed by atoms with van der Waals surface area (Å²) in [5, 5.41) is 0.879. The largest absolute Gasteiger partial charge is 0.410 e. The zero-order chi connectivity index (χ0) is 21.5. The van der Waals surface area contributed by atoms with Crippen molar-refractivity contribution in [3.8, 4) is 0 Å². The van der Waals surface area contributed by atoms with E-state index in [0.717, 1.165) is 49.4 Å². The van der Waals surface area contributed by atoms with Crippen LogP contribution >= 0.6 is 15.9 Å². The molecular formula is C23H39BrO4Si. The first kappa shape index (κ1) is 23.6. The third kappa shape index (κ3) is 4.34. The maximum Gasteiger partial charge on any atom is 0.192 e. The maximum atomic E-state index is 12.1. The fraction of sp³-hybridized carbons (Fsp3) is 0.870. The average molecular weight is 488 g/mol. The van der Waals surface area contributed by atoms with E-state index in [1.807, 2.05) is 0 Å². The number of carbonyl (C=O) groups excluding carboxylic acids is 1. The lowest BCUT2D eigenvalue weighted by Crippen LogP contribution is -2.51. The van der Waals surface area contributed by atoms with Gasteiger partial charge in [0.2, 0.25) is 0 Å².